The summed E-state index contributed by atoms with van der Waals surface area (Å²) in [6.07, 6.45) is 27.3. The highest BCUT2D eigenvalue weighted by Gasteiger charge is 2.24. The van der Waals surface area contributed by atoms with Crippen LogP contribution in [0.1, 0.15) is 136 Å². The summed E-state index contributed by atoms with van der Waals surface area (Å²) >= 11 is 0. The predicted molar refractivity (Wildman–Crippen MR) is 152 cm³/mol. The Balaban J connectivity index is 4.16. The molecule has 0 fully saturated rings. The number of aliphatic hydroxyl groups is 1. The molecule has 0 aliphatic rings. The molecule has 0 aliphatic carbocycles. The van der Waals surface area contributed by atoms with Crippen molar-refractivity contribution in [1.29, 1.82) is 0 Å². The number of hydrogen-bond donors (Lipinski definition) is 3. The second-order valence-electron chi connectivity index (χ2n) is 10.0. The highest BCUT2D eigenvalue weighted by atomic mass is 32.2. The van der Waals surface area contributed by atoms with Gasteiger partial charge >= 0.3 is 0 Å². The Hall–Kier alpha value is -1.18. The Kier molecular flexibility index (Phi) is 23.4. The molecule has 0 rings (SSSR count). The maximum atomic E-state index is 12.3. The molecule has 0 saturated heterocycles. The van der Waals surface area contributed by atoms with Crippen LogP contribution in [0.3, 0.4) is 0 Å². The van der Waals surface area contributed by atoms with Crippen molar-refractivity contribution >= 4 is 16.0 Å². The van der Waals surface area contributed by atoms with Crippen molar-refractivity contribution in [3.63, 3.8) is 0 Å². The molecule has 0 bridgehead atoms. The van der Waals surface area contributed by atoms with Crippen LogP contribution < -0.4 is 5.32 Å². The van der Waals surface area contributed by atoms with Gasteiger partial charge in [0.2, 0.25) is 5.91 Å². The van der Waals surface area contributed by atoms with Crippen LogP contribution in [0.4, 0.5) is 0 Å². The molecule has 2 atom stereocenters. The molecule has 6 nitrogen and oxygen atoms in total. The van der Waals surface area contributed by atoms with Gasteiger partial charge in [0.15, 0.2) is 0 Å². The third-order valence-electron chi connectivity index (χ3n) is 6.35. The predicted octanol–water partition coefficient (Wildman–Crippen LogP) is 7.28. The molecular formula is C29H55NO5S. The zero-order valence-electron chi connectivity index (χ0n) is 23.1. The molecule has 0 aromatic carbocycles. The molecule has 36 heavy (non-hydrogen) atoms. The number of carbonyl (C=O) groups is 1. The van der Waals surface area contributed by atoms with Crippen LogP contribution in [-0.2, 0) is 14.9 Å². The van der Waals surface area contributed by atoms with E-state index in [4.69, 9.17) is 0 Å². The van der Waals surface area contributed by atoms with Gasteiger partial charge in [0, 0.05) is 6.42 Å². The minimum absolute atomic E-state index is 0.285. The lowest BCUT2D eigenvalue weighted by Gasteiger charge is -2.21. The van der Waals surface area contributed by atoms with Crippen LogP contribution in [-0.4, -0.2) is 41.9 Å². The van der Waals surface area contributed by atoms with E-state index in [9.17, 15) is 22.9 Å². The number of amides is 1. The first kappa shape index (κ1) is 34.8. The highest BCUT2D eigenvalue weighted by Crippen LogP contribution is 2.12. The van der Waals surface area contributed by atoms with Gasteiger partial charge in [-0.2, -0.15) is 8.42 Å². The molecule has 2 unspecified atom stereocenters. The van der Waals surface area contributed by atoms with Crippen molar-refractivity contribution in [3.05, 3.63) is 24.3 Å². The van der Waals surface area contributed by atoms with Crippen molar-refractivity contribution in [2.75, 3.05) is 5.75 Å². The quantitative estimate of drug-likeness (QED) is 0.0654. The highest BCUT2D eigenvalue weighted by molar-refractivity contribution is 7.85. The normalized spacial score (nSPS) is 14.0. The summed E-state index contributed by atoms with van der Waals surface area (Å²) in [6.45, 7) is 4.39. The maximum absolute atomic E-state index is 12.3. The fourth-order valence-electron chi connectivity index (χ4n) is 4.15. The second-order valence-corrected chi connectivity index (χ2v) is 11.5. The fraction of sp³-hybridized carbons (Fsp3) is 0.828. The van der Waals surface area contributed by atoms with Crippen molar-refractivity contribution < 1.29 is 22.9 Å². The van der Waals surface area contributed by atoms with Crippen molar-refractivity contribution in [1.82, 2.24) is 5.32 Å². The van der Waals surface area contributed by atoms with E-state index in [2.05, 4.69) is 31.3 Å². The number of allylic oxidation sites excluding steroid dienone is 3. The molecule has 0 heterocycles. The minimum atomic E-state index is -4.33. The monoisotopic (exact) mass is 529 g/mol. The van der Waals surface area contributed by atoms with Gasteiger partial charge in [-0.05, 0) is 38.5 Å². The number of aliphatic hydroxyl groups excluding tert-OH is 1. The average Bonchev–Trinajstić information content (AvgIpc) is 2.82. The lowest BCUT2D eigenvalue weighted by molar-refractivity contribution is -0.122. The van der Waals surface area contributed by atoms with E-state index in [0.29, 0.717) is 0 Å². The molecule has 7 heteroatoms. The topological polar surface area (TPSA) is 104 Å². The van der Waals surface area contributed by atoms with Gasteiger partial charge in [-0.25, -0.2) is 0 Å². The summed E-state index contributed by atoms with van der Waals surface area (Å²) in [7, 11) is -4.33. The van der Waals surface area contributed by atoms with Crippen LogP contribution in [0, 0.1) is 0 Å². The Morgan fingerprint density at radius 1 is 0.722 bits per heavy atom. The van der Waals surface area contributed by atoms with Gasteiger partial charge in [0.25, 0.3) is 10.1 Å². The van der Waals surface area contributed by atoms with Crippen LogP contribution in [0.15, 0.2) is 24.3 Å². The van der Waals surface area contributed by atoms with E-state index in [-0.39, 0.29) is 12.3 Å². The molecule has 0 aromatic rings. The van der Waals surface area contributed by atoms with Crippen molar-refractivity contribution in [2.24, 2.45) is 0 Å². The first-order valence-electron chi connectivity index (χ1n) is 14.5. The van der Waals surface area contributed by atoms with Gasteiger partial charge in [-0.3, -0.25) is 9.35 Å². The van der Waals surface area contributed by atoms with Crippen LogP contribution in [0.25, 0.3) is 0 Å². The van der Waals surface area contributed by atoms with Gasteiger partial charge in [-0.15, -0.1) is 0 Å². The molecule has 0 aromatic heterocycles. The minimum Gasteiger partial charge on any atom is -0.387 e. The third kappa shape index (κ3) is 24.5. The number of hydrogen-bond acceptors (Lipinski definition) is 4. The Morgan fingerprint density at radius 3 is 1.78 bits per heavy atom. The number of nitrogens with one attached hydrogen (secondary N) is 1. The number of carbonyl (C=O) groups excluding carboxylic acids is 1. The van der Waals surface area contributed by atoms with Crippen molar-refractivity contribution in [3.8, 4) is 0 Å². The Bertz CT molecular complexity index is 675. The largest absolute Gasteiger partial charge is 0.387 e. The SMILES string of the molecule is CCC/C=C\CCCCCCCC(=O)NC(CS(=O)(=O)O)C(O)/C=C/CCCCCCCCCCC. The Labute approximate surface area is 222 Å². The lowest BCUT2D eigenvalue weighted by atomic mass is 10.1. The third-order valence-corrected chi connectivity index (χ3v) is 7.13. The summed E-state index contributed by atoms with van der Waals surface area (Å²) in [6, 6.07) is -1.05. The molecule has 0 saturated carbocycles. The molecule has 0 radical (unpaired) electrons. The zero-order valence-corrected chi connectivity index (χ0v) is 24.0. The molecule has 1 amide bonds. The molecule has 212 valence electrons. The molecule has 0 aliphatic heterocycles. The van der Waals surface area contributed by atoms with Gasteiger partial charge in [-0.1, -0.05) is 115 Å². The Morgan fingerprint density at radius 2 is 1.22 bits per heavy atom. The maximum Gasteiger partial charge on any atom is 0.267 e. The molecule has 3 N–H and O–H groups in total. The van der Waals surface area contributed by atoms with Gasteiger partial charge in [0.1, 0.15) is 0 Å². The molecule has 0 spiro atoms. The summed E-state index contributed by atoms with van der Waals surface area (Å²) < 4.78 is 32.0. The smallest absolute Gasteiger partial charge is 0.267 e. The summed E-state index contributed by atoms with van der Waals surface area (Å²) in [5, 5.41) is 13.0. The second kappa shape index (κ2) is 24.2. The van der Waals surface area contributed by atoms with E-state index in [0.717, 1.165) is 64.2 Å². The summed E-state index contributed by atoms with van der Waals surface area (Å²) in [4.78, 5) is 12.3. The number of rotatable bonds is 25. The first-order valence-corrected chi connectivity index (χ1v) is 16.1. The van der Waals surface area contributed by atoms with Crippen LogP contribution in [0.2, 0.25) is 0 Å². The number of unbranched alkanes of at least 4 members (excludes halogenated alkanes) is 15. The standard InChI is InChI=1S/C29H55NO5S/c1-3-5-7-9-11-13-15-16-18-20-22-24-28(31)27(26-36(33,34)35)30-29(32)25-23-21-19-17-14-12-10-8-6-4-2/h8,10,22,24,27-28,31H,3-7,9,11-21,23,25-26H2,1-2H3,(H,30,32)(H,33,34,35)/b10-8-,24-22+. The van der Waals surface area contributed by atoms with Crippen molar-refractivity contribution in [2.45, 2.75) is 148 Å². The molecular weight excluding hydrogens is 474 g/mol. The van der Waals surface area contributed by atoms with E-state index in [1.165, 1.54) is 57.4 Å². The lowest BCUT2D eigenvalue weighted by Crippen LogP contribution is -2.46. The summed E-state index contributed by atoms with van der Waals surface area (Å²) in [5.41, 5.74) is 0. The van der Waals surface area contributed by atoms with Gasteiger partial charge < -0.3 is 10.4 Å². The summed E-state index contributed by atoms with van der Waals surface area (Å²) in [5.74, 6) is -0.995. The van der Waals surface area contributed by atoms with Gasteiger partial charge in [0.05, 0.1) is 17.9 Å². The van der Waals surface area contributed by atoms with E-state index in [1.54, 1.807) is 0 Å². The fourth-order valence-corrected chi connectivity index (χ4v) is 4.89. The average molecular weight is 530 g/mol. The van der Waals surface area contributed by atoms with E-state index < -0.39 is 28.0 Å². The van der Waals surface area contributed by atoms with E-state index >= 15 is 0 Å². The first-order chi connectivity index (χ1) is 17.3. The van der Waals surface area contributed by atoms with Crippen LogP contribution in [0.5, 0.6) is 0 Å². The van der Waals surface area contributed by atoms with E-state index in [1.807, 2.05) is 6.08 Å². The van der Waals surface area contributed by atoms with Crippen LogP contribution >= 0.6 is 0 Å². The zero-order chi connectivity index (χ0) is 26.9.